The molecule has 3 N–H and O–H groups in total. The van der Waals surface area contributed by atoms with Crippen LogP contribution >= 0.6 is 0 Å². The molecule has 0 atom stereocenters. The van der Waals surface area contributed by atoms with Gasteiger partial charge in [0.25, 0.3) is 5.91 Å². The lowest BCUT2D eigenvalue weighted by Gasteiger charge is -2.13. The van der Waals surface area contributed by atoms with Gasteiger partial charge in [-0.3, -0.25) is 9.59 Å². The number of nitriles is 1. The highest BCUT2D eigenvalue weighted by Crippen LogP contribution is 2.18. The minimum Gasteiger partial charge on any atom is -0.376 e. The third-order valence-electron chi connectivity index (χ3n) is 4.20. The average Bonchev–Trinajstić information content (AvgIpc) is 2.74. The van der Waals surface area contributed by atoms with Crippen molar-refractivity contribution in [1.82, 2.24) is 0 Å². The predicted molar refractivity (Wildman–Crippen MR) is 114 cm³/mol. The van der Waals surface area contributed by atoms with Crippen molar-refractivity contribution in [3.63, 3.8) is 0 Å². The molecule has 0 radical (unpaired) electrons. The molecule has 0 bridgehead atoms. The van der Waals surface area contributed by atoms with Gasteiger partial charge in [0.15, 0.2) is 0 Å². The Kier molecular flexibility index (Phi) is 6.23. The molecule has 6 nitrogen and oxygen atoms in total. The minimum absolute atomic E-state index is 0.0222. The fourth-order valence-corrected chi connectivity index (χ4v) is 2.72. The Labute approximate surface area is 169 Å². The third kappa shape index (κ3) is 5.44. The first-order chi connectivity index (χ1) is 14.0. The summed E-state index contributed by atoms with van der Waals surface area (Å²) in [6.45, 7) is 1.96. The molecule has 29 heavy (non-hydrogen) atoms. The van der Waals surface area contributed by atoms with Gasteiger partial charge in [-0.05, 0) is 49.4 Å². The van der Waals surface area contributed by atoms with Crippen LogP contribution < -0.4 is 16.0 Å². The summed E-state index contributed by atoms with van der Waals surface area (Å²) in [7, 11) is 0. The number of para-hydroxylation sites is 1. The Balaban J connectivity index is 1.64. The molecule has 0 saturated heterocycles. The van der Waals surface area contributed by atoms with E-state index in [1.54, 1.807) is 48.5 Å². The molecule has 2 amide bonds. The van der Waals surface area contributed by atoms with Gasteiger partial charge < -0.3 is 16.0 Å². The predicted octanol–water partition coefficient (Wildman–Crippen LogP) is 4.17. The van der Waals surface area contributed by atoms with Crippen LogP contribution in [0.25, 0.3) is 0 Å². The van der Waals surface area contributed by atoms with E-state index in [0.29, 0.717) is 28.2 Å². The quantitative estimate of drug-likeness (QED) is 0.594. The van der Waals surface area contributed by atoms with Crippen LogP contribution in [-0.2, 0) is 4.79 Å². The van der Waals surface area contributed by atoms with Crippen molar-refractivity contribution >= 4 is 28.9 Å². The minimum atomic E-state index is -0.283. The lowest BCUT2D eigenvalue weighted by Crippen LogP contribution is -2.23. The molecule has 0 aliphatic heterocycles. The summed E-state index contributed by atoms with van der Waals surface area (Å²) >= 11 is 0. The Hall–Kier alpha value is -4.11. The molecule has 3 aromatic rings. The number of nitrogens with zero attached hydrogens (tertiary/aromatic N) is 1. The van der Waals surface area contributed by atoms with Crippen molar-refractivity contribution in [1.29, 1.82) is 5.26 Å². The van der Waals surface area contributed by atoms with Crippen molar-refractivity contribution in [3.05, 3.63) is 89.5 Å². The van der Waals surface area contributed by atoms with E-state index in [9.17, 15) is 9.59 Å². The van der Waals surface area contributed by atoms with Crippen LogP contribution in [0.15, 0.2) is 72.8 Å². The fraction of sp³-hybridized carbons (Fsp3) is 0.0870. The normalized spacial score (nSPS) is 9.93. The maximum atomic E-state index is 12.6. The number of aryl methyl sites for hydroxylation is 1. The zero-order valence-electron chi connectivity index (χ0n) is 15.9. The molecule has 0 saturated carbocycles. The molecule has 0 fully saturated rings. The summed E-state index contributed by atoms with van der Waals surface area (Å²) in [5, 5.41) is 17.5. The van der Waals surface area contributed by atoms with Crippen LogP contribution in [0.5, 0.6) is 0 Å². The molecular formula is C23H20N4O2. The highest BCUT2D eigenvalue weighted by atomic mass is 16.2. The summed E-state index contributed by atoms with van der Waals surface area (Å²) < 4.78 is 0. The third-order valence-corrected chi connectivity index (χ3v) is 4.20. The largest absolute Gasteiger partial charge is 0.376 e. The van der Waals surface area contributed by atoms with Crippen molar-refractivity contribution < 1.29 is 9.59 Å². The van der Waals surface area contributed by atoms with E-state index in [1.807, 2.05) is 37.3 Å². The summed E-state index contributed by atoms with van der Waals surface area (Å²) in [5.74, 6) is -0.548. The number of hydrogen-bond acceptors (Lipinski definition) is 4. The van der Waals surface area contributed by atoms with Crippen molar-refractivity contribution in [2.24, 2.45) is 0 Å². The zero-order valence-corrected chi connectivity index (χ0v) is 15.9. The Bertz CT molecular complexity index is 1070. The van der Waals surface area contributed by atoms with Crippen LogP contribution in [0.3, 0.4) is 0 Å². The number of benzene rings is 3. The molecule has 3 aromatic carbocycles. The van der Waals surface area contributed by atoms with Crippen molar-refractivity contribution in [2.75, 3.05) is 22.5 Å². The van der Waals surface area contributed by atoms with E-state index >= 15 is 0 Å². The Morgan fingerprint density at radius 2 is 1.66 bits per heavy atom. The molecular weight excluding hydrogens is 364 g/mol. The molecule has 0 spiro atoms. The van der Waals surface area contributed by atoms with Crippen LogP contribution in [0.1, 0.15) is 21.5 Å². The Morgan fingerprint density at radius 3 is 2.41 bits per heavy atom. The van der Waals surface area contributed by atoms with Gasteiger partial charge in [-0.1, -0.05) is 35.9 Å². The molecule has 144 valence electrons. The SMILES string of the molecule is Cc1ccc(NC(=O)c2ccccc2NCC(=O)Nc2cccc(C#N)c2)cc1. The van der Waals surface area contributed by atoms with Crippen LogP contribution in [-0.4, -0.2) is 18.4 Å². The summed E-state index contributed by atoms with van der Waals surface area (Å²) in [6, 6.07) is 23.2. The second kappa shape index (κ2) is 9.20. The topological polar surface area (TPSA) is 94.0 Å². The van der Waals surface area contributed by atoms with Gasteiger partial charge in [0.2, 0.25) is 5.91 Å². The first-order valence-corrected chi connectivity index (χ1v) is 9.06. The molecule has 6 heteroatoms. The Morgan fingerprint density at radius 1 is 0.897 bits per heavy atom. The highest BCUT2D eigenvalue weighted by molar-refractivity contribution is 6.08. The number of carbonyl (C=O) groups is 2. The number of hydrogen-bond donors (Lipinski definition) is 3. The summed E-state index contributed by atoms with van der Waals surface area (Å²) in [5.41, 5.74) is 3.81. The van der Waals surface area contributed by atoms with Crippen LogP contribution in [0.2, 0.25) is 0 Å². The van der Waals surface area contributed by atoms with E-state index in [2.05, 4.69) is 16.0 Å². The first-order valence-electron chi connectivity index (χ1n) is 9.06. The number of amides is 2. The lowest BCUT2D eigenvalue weighted by atomic mass is 10.1. The summed E-state index contributed by atoms with van der Waals surface area (Å²) in [6.07, 6.45) is 0. The van der Waals surface area contributed by atoms with Gasteiger partial charge in [-0.25, -0.2) is 0 Å². The second-order valence-electron chi connectivity index (χ2n) is 6.46. The maximum absolute atomic E-state index is 12.6. The number of anilines is 3. The van der Waals surface area contributed by atoms with Crippen molar-refractivity contribution in [3.8, 4) is 6.07 Å². The lowest BCUT2D eigenvalue weighted by molar-refractivity contribution is -0.114. The number of rotatable bonds is 6. The first kappa shape index (κ1) is 19.6. The van der Waals surface area contributed by atoms with Gasteiger partial charge in [-0.15, -0.1) is 0 Å². The highest BCUT2D eigenvalue weighted by Gasteiger charge is 2.12. The molecule has 3 rings (SSSR count). The van der Waals surface area contributed by atoms with Crippen LogP contribution in [0, 0.1) is 18.3 Å². The van der Waals surface area contributed by atoms with Crippen LogP contribution in [0.4, 0.5) is 17.1 Å². The van der Waals surface area contributed by atoms with Gasteiger partial charge in [0, 0.05) is 17.1 Å². The van der Waals surface area contributed by atoms with Gasteiger partial charge in [0.05, 0.1) is 23.7 Å². The van der Waals surface area contributed by atoms with E-state index in [4.69, 9.17) is 5.26 Å². The van der Waals surface area contributed by atoms with E-state index in [1.165, 1.54) is 0 Å². The molecule has 0 unspecified atom stereocenters. The number of carbonyl (C=O) groups excluding carboxylic acids is 2. The fourth-order valence-electron chi connectivity index (χ4n) is 2.72. The van der Waals surface area contributed by atoms with Gasteiger partial charge >= 0.3 is 0 Å². The van der Waals surface area contributed by atoms with E-state index in [0.717, 1.165) is 5.56 Å². The van der Waals surface area contributed by atoms with E-state index < -0.39 is 0 Å². The average molecular weight is 384 g/mol. The smallest absolute Gasteiger partial charge is 0.257 e. The van der Waals surface area contributed by atoms with E-state index in [-0.39, 0.29) is 18.4 Å². The van der Waals surface area contributed by atoms with Gasteiger partial charge in [0.1, 0.15) is 0 Å². The standard InChI is InChI=1S/C23H20N4O2/c1-16-9-11-18(12-10-16)27-23(29)20-7-2-3-8-21(20)25-15-22(28)26-19-6-4-5-17(13-19)14-24/h2-13,25H,15H2,1H3,(H,26,28)(H,27,29). The van der Waals surface area contributed by atoms with Crippen molar-refractivity contribution in [2.45, 2.75) is 6.92 Å². The molecule has 0 aliphatic carbocycles. The number of nitrogens with one attached hydrogen (secondary N) is 3. The maximum Gasteiger partial charge on any atom is 0.257 e. The summed E-state index contributed by atoms with van der Waals surface area (Å²) in [4.78, 5) is 24.9. The monoisotopic (exact) mass is 384 g/mol. The second-order valence-corrected chi connectivity index (χ2v) is 6.46. The molecule has 0 heterocycles. The molecule has 0 aliphatic rings. The zero-order chi connectivity index (χ0) is 20.6. The van der Waals surface area contributed by atoms with Gasteiger partial charge in [-0.2, -0.15) is 5.26 Å². The molecule has 0 aromatic heterocycles.